The fourth-order valence-electron chi connectivity index (χ4n) is 7.13. The van der Waals surface area contributed by atoms with Crippen molar-refractivity contribution in [3.8, 4) is 0 Å². The maximum absolute atomic E-state index is 12.7. The lowest BCUT2D eigenvalue weighted by Gasteiger charge is -2.44. The van der Waals surface area contributed by atoms with E-state index in [4.69, 9.17) is 4.74 Å². The molecule has 1 aliphatic heterocycles. The van der Waals surface area contributed by atoms with E-state index in [1.807, 2.05) is 0 Å². The number of carboxylic acid groups (broad SMARTS) is 1. The van der Waals surface area contributed by atoms with E-state index in [0.717, 1.165) is 0 Å². The van der Waals surface area contributed by atoms with E-state index in [1.165, 1.54) is 0 Å². The summed E-state index contributed by atoms with van der Waals surface area (Å²) in [4.78, 5) is 25.1. The molecule has 1 heterocycles. The minimum atomic E-state index is -1.27. The monoisotopic (exact) mass is 346 g/mol. The summed E-state index contributed by atoms with van der Waals surface area (Å²) in [6, 6.07) is 0. The standard InChI is InChI=1S/C19H22O6/c1-9-7-17-8-18(9,24)5-3-10(17)19-6-4-11(20)16(2,15(23)25-19)13(19)12(17)14(21)22/h4,6,10-13,20,24H,1,3,5,7-8H2,2H3,(H,21,22)/t10-,11-,12-,13-,16+,17+,18+,19-/m1/s1. The summed E-state index contributed by atoms with van der Waals surface area (Å²) >= 11 is 0. The highest BCUT2D eigenvalue weighted by Crippen LogP contribution is 2.77. The van der Waals surface area contributed by atoms with Gasteiger partial charge in [0.15, 0.2) is 0 Å². The summed E-state index contributed by atoms with van der Waals surface area (Å²) in [5, 5.41) is 31.6. The van der Waals surface area contributed by atoms with Crippen molar-refractivity contribution in [2.45, 2.75) is 49.9 Å². The van der Waals surface area contributed by atoms with Crippen LogP contribution in [0.5, 0.6) is 0 Å². The number of aliphatic hydroxyl groups is 2. The van der Waals surface area contributed by atoms with E-state index in [2.05, 4.69) is 6.58 Å². The number of rotatable bonds is 1. The van der Waals surface area contributed by atoms with E-state index in [-0.39, 0.29) is 5.92 Å². The minimum Gasteiger partial charge on any atom is -0.481 e. The van der Waals surface area contributed by atoms with Gasteiger partial charge in [-0.25, -0.2) is 0 Å². The van der Waals surface area contributed by atoms with Gasteiger partial charge < -0.3 is 20.1 Å². The number of esters is 1. The summed E-state index contributed by atoms with van der Waals surface area (Å²) in [5.74, 6) is -3.18. The summed E-state index contributed by atoms with van der Waals surface area (Å²) in [6.45, 7) is 5.64. The van der Waals surface area contributed by atoms with Crippen LogP contribution in [0, 0.1) is 28.6 Å². The van der Waals surface area contributed by atoms with Crippen molar-refractivity contribution in [1.29, 1.82) is 0 Å². The Kier molecular flexibility index (Phi) is 2.50. The topological polar surface area (TPSA) is 104 Å². The quantitative estimate of drug-likeness (QED) is 0.484. The van der Waals surface area contributed by atoms with Crippen molar-refractivity contribution in [2.75, 3.05) is 0 Å². The molecule has 4 bridgehead atoms. The zero-order valence-electron chi connectivity index (χ0n) is 14.1. The number of carboxylic acids is 1. The van der Waals surface area contributed by atoms with Crippen LogP contribution in [0.3, 0.4) is 0 Å². The highest BCUT2D eigenvalue weighted by Gasteiger charge is 2.83. The Morgan fingerprint density at radius 1 is 1.44 bits per heavy atom. The molecule has 4 aliphatic carbocycles. The van der Waals surface area contributed by atoms with Crippen LogP contribution in [-0.4, -0.2) is 44.6 Å². The Morgan fingerprint density at radius 3 is 2.84 bits per heavy atom. The third kappa shape index (κ3) is 1.36. The summed E-state index contributed by atoms with van der Waals surface area (Å²) in [5.41, 5.74) is -3.29. The maximum Gasteiger partial charge on any atom is 0.316 e. The molecule has 0 aromatic rings. The van der Waals surface area contributed by atoms with Crippen LogP contribution in [-0.2, 0) is 14.3 Å². The third-order valence-corrected chi connectivity index (χ3v) is 8.12. The second kappa shape index (κ2) is 4.01. The molecule has 0 aromatic carbocycles. The second-order valence-corrected chi connectivity index (χ2v) is 8.94. The molecule has 134 valence electrons. The van der Waals surface area contributed by atoms with Gasteiger partial charge in [0, 0.05) is 11.8 Å². The van der Waals surface area contributed by atoms with Gasteiger partial charge in [0.1, 0.15) is 11.0 Å². The summed E-state index contributed by atoms with van der Waals surface area (Å²) in [7, 11) is 0. The molecule has 1 spiro atoms. The van der Waals surface area contributed by atoms with Gasteiger partial charge in [-0.15, -0.1) is 0 Å². The van der Waals surface area contributed by atoms with Crippen molar-refractivity contribution in [3.05, 3.63) is 24.3 Å². The number of ether oxygens (including phenoxy) is 1. The van der Waals surface area contributed by atoms with Crippen LogP contribution in [0.2, 0.25) is 0 Å². The van der Waals surface area contributed by atoms with Crippen LogP contribution in [0.15, 0.2) is 24.3 Å². The molecule has 5 aliphatic rings. The van der Waals surface area contributed by atoms with Gasteiger partial charge in [0.2, 0.25) is 0 Å². The van der Waals surface area contributed by atoms with E-state index < -0.39 is 51.9 Å². The summed E-state index contributed by atoms with van der Waals surface area (Å²) in [6.07, 6.45) is 4.11. The Morgan fingerprint density at radius 2 is 2.16 bits per heavy atom. The maximum atomic E-state index is 12.7. The average molecular weight is 346 g/mol. The van der Waals surface area contributed by atoms with Crippen LogP contribution in [0.1, 0.15) is 32.6 Å². The van der Waals surface area contributed by atoms with Crippen LogP contribution < -0.4 is 0 Å². The zero-order chi connectivity index (χ0) is 18.0. The first-order valence-electron chi connectivity index (χ1n) is 8.86. The van der Waals surface area contributed by atoms with E-state index in [9.17, 15) is 24.9 Å². The lowest BCUT2D eigenvalue weighted by Crippen LogP contribution is -2.50. The number of hydrogen-bond donors (Lipinski definition) is 3. The first-order chi connectivity index (χ1) is 11.6. The number of hydrogen-bond acceptors (Lipinski definition) is 5. The first-order valence-corrected chi connectivity index (χ1v) is 8.86. The molecular weight excluding hydrogens is 324 g/mol. The fraction of sp³-hybridized carbons (Fsp3) is 0.684. The Bertz CT molecular complexity index is 772. The largest absolute Gasteiger partial charge is 0.481 e. The number of fused-ring (bicyclic) bond motifs is 1. The minimum absolute atomic E-state index is 0.180. The fourth-order valence-corrected chi connectivity index (χ4v) is 7.13. The molecule has 5 rings (SSSR count). The number of aliphatic carboxylic acids is 1. The van der Waals surface area contributed by atoms with Crippen LogP contribution >= 0.6 is 0 Å². The zero-order valence-corrected chi connectivity index (χ0v) is 14.1. The molecule has 6 heteroatoms. The Hall–Kier alpha value is -1.66. The predicted molar refractivity (Wildman–Crippen MR) is 85.2 cm³/mol. The van der Waals surface area contributed by atoms with Crippen molar-refractivity contribution in [3.63, 3.8) is 0 Å². The van der Waals surface area contributed by atoms with Crippen LogP contribution in [0.25, 0.3) is 0 Å². The van der Waals surface area contributed by atoms with Gasteiger partial charge in [0.05, 0.1) is 17.6 Å². The molecule has 8 atom stereocenters. The molecular formula is C19H22O6. The Balaban J connectivity index is 1.78. The average Bonchev–Trinajstić information content (AvgIpc) is 2.95. The van der Waals surface area contributed by atoms with E-state index in [1.54, 1.807) is 19.1 Å². The van der Waals surface area contributed by atoms with Gasteiger partial charge in [-0.3, -0.25) is 9.59 Å². The molecule has 0 aromatic heterocycles. The molecule has 4 fully saturated rings. The lowest BCUT2D eigenvalue weighted by atomic mass is 9.61. The van der Waals surface area contributed by atoms with Gasteiger partial charge in [-0.1, -0.05) is 12.7 Å². The molecule has 3 N–H and O–H groups in total. The van der Waals surface area contributed by atoms with E-state index >= 15 is 0 Å². The molecule has 6 nitrogen and oxygen atoms in total. The number of carbonyl (C=O) groups excluding carboxylic acids is 1. The highest BCUT2D eigenvalue weighted by molar-refractivity contribution is 5.86. The van der Waals surface area contributed by atoms with Crippen molar-refractivity contribution < 1.29 is 29.6 Å². The Labute approximate surface area is 145 Å². The van der Waals surface area contributed by atoms with E-state index in [0.29, 0.717) is 31.3 Å². The van der Waals surface area contributed by atoms with Crippen LogP contribution in [0.4, 0.5) is 0 Å². The molecule has 0 amide bonds. The number of carbonyl (C=O) groups is 2. The number of aliphatic hydroxyl groups excluding tert-OH is 1. The van der Waals surface area contributed by atoms with Gasteiger partial charge in [-0.05, 0) is 49.7 Å². The smallest absolute Gasteiger partial charge is 0.316 e. The van der Waals surface area contributed by atoms with Gasteiger partial charge in [-0.2, -0.15) is 0 Å². The molecule has 25 heavy (non-hydrogen) atoms. The van der Waals surface area contributed by atoms with Crippen molar-refractivity contribution in [1.82, 2.24) is 0 Å². The first kappa shape index (κ1) is 15.6. The third-order valence-electron chi connectivity index (χ3n) is 8.12. The summed E-state index contributed by atoms with van der Waals surface area (Å²) < 4.78 is 5.87. The van der Waals surface area contributed by atoms with Crippen molar-refractivity contribution >= 4 is 11.9 Å². The van der Waals surface area contributed by atoms with Gasteiger partial charge in [0.25, 0.3) is 0 Å². The second-order valence-electron chi connectivity index (χ2n) is 8.94. The lowest BCUT2D eigenvalue weighted by molar-refractivity contribution is -0.163. The molecule has 3 saturated carbocycles. The predicted octanol–water partition coefficient (Wildman–Crippen LogP) is 1.03. The molecule has 1 saturated heterocycles. The van der Waals surface area contributed by atoms with Gasteiger partial charge >= 0.3 is 11.9 Å². The molecule has 0 radical (unpaired) electrons. The SMILES string of the molecule is C=C1C[C@]23C[C@@]1(O)CC[C@H]2[C@@]12C=C[C@@H](O)[C@](C)(C(=O)O1)[C@H]2[C@@H]3C(=O)O. The normalized spacial score (nSPS) is 58.0. The molecule has 0 unspecified atom stereocenters. The van der Waals surface area contributed by atoms with Crippen molar-refractivity contribution in [2.24, 2.45) is 28.6 Å². The highest BCUT2D eigenvalue weighted by atomic mass is 16.6.